The molecular weight excluding hydrogens is 310 g/mol. The quantitative estimate of drug-likeness (QED) is 0.836. The third kappa shape index (κ3) is 4.63. The second-order valence-corrected chi connectivity index (χ2v) is 7.04. The highest BCUT2D eigenvalue weighted by Crippen LogP contribution is 2.21. The van der Waals surface area contributed by atoms with Crippen molar-refractivity contribution in [1.29, 1.82) is 0 Å². The SMILES string of the molecule is Cc1ccc(=O)n(CC2CCN(CC3(O)COCCOC3)CC2)n1. The van der Waals surface area contributed by atoms with Crippen LogP contribution < -0.4 is 5.56 Å². The Morgan fingerprint density at radius 1 is 1.25 bits per heavy atom. The highest BCUT2D eigenvalue weighted by Gasteiger charge is 2.33. The molecule has 0 saturated carbocycles. The number of ether oxygens (including phenoxy) is 2. The lowest BCUT2D eigenvalue weighted by Gasteiger charge is -2.37. The number of nitrogens with zero attached hydrogens (tertiary/aromatic N) is 3. The Hall–Kier alpha value is -1.28. The first-order valence-electron chi connectivity index (χ1n) is 8.69. The Bertz CT molecular complexity index is 588. The zero-order chi connectivity index (χ0) is 17.0. The Kier molecular flexibility index (Phi) is 5.65. The molecule has 0 aromatic carbocycles. The minimum Gasteiger partial charge on any atom is -0.384 e. The van der Waals surface area contributed by atoms with Gasteiger partial charge in [0.25, 0.3) is 5.56 Å². The molecule has 2 saturated heterocycles. The van der Waals surface area contributed by atoms with E-state index in [-0.39, 0.29) is 5.56 Å². The smallest absolute Gasteiger partial charge is 0.266 e. The topological polar surface area (TPSA) is 76.8 Å². The minimum absolute atomic E-state index is 0.0370. The molecule has 1 aromatic rings. The highest BCUT2D eigenvalue weighted by atomic mass is 16.6. The van der Waals surface area contributed by atoms with Crippen molar-refractivity contribution in [2.45, 2.75) is 31.9 Å². The normalized spacial score (nSPS) is 23.1. The van der Waals surface area contributed by atoms with Gasteiger partial charge < -0.3 is 19.5 Å². The molecule has 7 nitrogen and oxygen atoms in total. The van der Waals surface area contributed by atoms with E-state index >= 15 is 0 Å². The summed E-state index contributed by atoms with van der Waals surface area (Å²) in [6.07, 6.45) is 2.00. The van der Waals surface area contributed by atoms with Crippen LogP contribution in [-0.2, 0) is 16.0 Å². The summed E-state index contributed by atoms with van der Waals surface area (Å²) in [6.45, 7) is 6.71. The number of hydrogen-bond acceptors (Lipinski definition) is 6. The highest BCUT2D eigenvalue weighted by molar-refractivity contribution is 4.97. The van der Waals surface area contributed by atoms with Crippen LogP contribution in [0.5, 0.6) is 0 Å². The molecule has 0 radical (unpaired) electrons. The first kappa shape index (κ1) is 17.5. The molecule has 1 aromatic heterocycles. The van der Waals surface area contributed by atoms with E-state index < -0.39 is 5.60 Å². The first-order valence-corrected chi connectivity index (χ1v) is 8.69. The Balaban J connectivity index is 1.50. The summed E-state index contributed by atoms with van der Waals surface area (Å²) in [5.41, 5.74) is -0.0917. The average Bonchev–Trinajstić information content (AvgIpc) is 2.77. The molecule has 0 bridgehead atoms. The van der Waals surface area contributed by atoms with E-state index in [2.05, 4.69) is 10.00 Å². The van der Waals surface area contributed by atoms with Crippen molar-refractivity contribution in [3.63, 3.8) is 0 Å². The zero-order valence-corrected chi connectivity index (χ0v) is 14.3. The van der Waals surface area contributed by atoms with Gasteiger partial charge in [0, 0.05) is 19.2 Å². The van der Waals surface area contributed by atoms with E-state index in [0.717, 1.165) is 31.6 Å². The molecule has 134 valence electrons. The summed E-state index contributed by atoms with van der Waals surface area (Å²) in [5.74, 6) is 0.449. The van der Waals surface area contributed by atoms with Crippen LogP contribution in [0.1, 0.15) is 18.5 Å². The van der Waals surface area contributed by atoms with Gasteiger partial charge in [-0.3, -0.25) is 4.79 Å². The fourth-order valence-corrected chi connectivity index (χ4v) is 3.44. The Morgan fingerprint density at radius 3 is 2.58 bits per heavy atom. The van der Waals surface area contributed by atoms with E-state index in [0.29, 0.717) is 45.4 Å². The predicted octanol–water partition coefficient (Wildman–Crippen LogP) is 0.0416. The van der Waals surface area contributed by atoms with Gasteiger partial charge in [-0.1, -0.05) is 0 Å². The Labute approximate surface area is 142 Å². The molecule has 0 unspecified atom stereocenters. The average molecular weight is 337 g/mol. The number of likely N-dealkylation sites (tertiary alicyclic amines) is 1. The van der Waals surface area contributed by atoms with E-state index in [9.17, 15) is 9.90 Å². The van der Waals surface area contributed by atoms with Crippen molar-refractivity contribution in [3.05, 3.63) is 28.2 Å². The molecule has 2 aliphatic heterocycles. The molecule has 0 aliphatic carbocycles. The summed E-state index contributed by atoms with van der Waals surface area (Å²) < 4.78 is 12.4. The third-order valence-corrected chi connectivity index (χ3v) is 4.77. The van der Waals surface area contributed by atoms with Gasteiger partial charge in [0.05, 0.1) is 32.1 Å². The van der Waals surface area contributed by atoms with Crippen molar-refractivity contribution >= 4 is 0 Å². The predicted molar refractivity (Wildman–Crippen MR) is 89.0 cm³/mol. The standard InChI is InChI=1S/C17H27N3O4/c1-14-2-3-16(21)20(18-14)10-15-4-6-19(7-5-15)11-17(22)12-23-8-9-24-13-17/h2-3,15,22H,4-13H2,1H3. The van der Waals surface area contributed by atoms with Gasteiger partial charge in [-0.05, 0) is 44.8 Å². The lowest BCUT2D eigenvalue weighted by molar-refractivity contribution is -0.0781. The number of hydrogen-bond donors (Lipinski definition) is 1. The van der Waals surface area contributed by atoms with Crippen LogP contribution in [0.25, 0.3) is 0 Å². The van der Waals surface area contributed by atoms with Gasteiger partial charge in [-0.2, -0.15) is 5.10 Å². The monoisotopic (exact) mass is 337 g/mol. The summed E-state index contributed by atoms with van der Waals surface area (Å²) >= 11 is 0. The summed E-state index contributed by atoms with van der Waals surface area (Å²) in [6, 6.07) is 3.33. The second-order valence-electron chi connectivity index (χ2n) is 7.04. The van der Waals surface area contributed by atoms with Gasteiger partial charge in [-0.15, -0.1) is 0 Å². The largest absolute Gasteiger partial charge is 0.384 e. The van der Waals surface area contributed by atoms with Crippen LogP contribution in [0.15, 0.2) is 16.9 Å². The van der Waals surface area contributed by atoms with Crippen molar-refractivity contribution in [2.24, 2.45) is 5.92 Å². The maximum absolute atomic E-state index is 11.9. The molecule has 7 heteroatoms. The third-order valence-electron chi connectivity index (χ3n) is 4.77. The number of aromatic nitrogens is 2. The lowest BCUT2D eigenvalue weighted by Crippen LogP contribution is -2.51. The van der Waals surface area contributed by atoms with Crippen molar-refractivity contribution in [1.82, 2.24) is 14.7 Å². The maximum atomic E-state index is 11.9. The molecule has 1 N–H and O–H groups in total. The van der Waals surface area contributed by atoms with Gasteiger partial charge in [0.1, 0.15) is 5.60 Å². The summed E-state index contributed by atoms with van der Waals surface area (Å²) in [5, 5.41) is 14.9. The number of β-amino-alcohol motifs (C(OH)–C–C–N with tert-alkyl or cyclic N) is 1. The fraction of sp³-hybridized carbons (Fsp3) is 0.765. The van der Waals surface area contributed by atoms with Gasteiger partial charge in [0.2, 0.25) is 0 Å². The number of aryl methyl sites for hydroxylation is 1. The summed E-state index contributed by atoms with van der Waals surface area (Å²) in [7, 11) is 0. The van der Waals surface area contributed by atoms with Gasteiger partial charge in [-0.25, -0.2) is 4.68 Å². The van der Waals surface area contributed by atoms with Crippen LogP contribution in [0.2, 0.25) is 0 Å². The van der Waals surface area contributed by atoms with Crippen molar-refractivity contribution in [2.75, 3.05) is 46.1 Å². The molecule has 2 aliphatic rings. The molecule has 24 heavy (non-hydrogen) atoms. The van der Waals surface area contributed by atoms with Crippen molar-refractivity contribution in [3.8, 4) is 0 Å². The molecular formula is C17H27N3O4. The Morgan fingerprint density at radius 2 is 1.92 bits per heavy atom. The number of piperidine rings is 1. The van der Waals surface area contributed by atoms with E-state index in [4.69, 9.17) is 9.47 Å². The maximum Gasteiger partial charge on any atom is 0.266 e. The van der Waals surface area contributed by atoms with Crippen molar-refractivity contribution < 1.29 is 14.6 Å². The van der Waals surface area contributed by atoms with Crippen LogP contribution >= 0.6 is 0 Å². The van der Waals surface area contributed by atoms with Gasteiger partial charge in [0.15, 0.2) is 0 Å². The van der Waals surface area contributed by atoms with Crippen LogP contribution in [0, 0.1) is 12.8 Å². The number of rotatable bonds is 4. The van der Waals surface area contributed by atoms with E-state index in [1.165, 1.54) is 0 Å². The van der Waals surface area contributed by atoms with E-state index in [1.54, 1.807) is 16.8 Å². The molecule has 2 fully saturated rings. The first-order chi connectivity index (χ1) is 11.5. The number of aliphatic hydroxyl groups is 1. The zero-order valence-electron chi connectivity index (χ0n) is 14.3. The van der Waals surface area contributed by atoms with Gasteiger partial charge >= 0.3 is 0 Å². The van der Waals surface area contributed by atoms with Crippen LogP contribution in [0.4, 0.5) is 0 Å². The minimum atomic E-state index is -0.918. The van der Waals surface area contributed by atoms with E-state index in [1.807, 2.05) is 6.92 Å². The molecule has 0 amide bonds. The molecule has 0 spiro atoms. The van der Waals surface area contributed by atoms with Crippen LogP contribution in [-0.4, -0.2) is 71.4 Å². The fourth-order valence-electron chi connectivity index (χ4n) is 3.44. The molecule has 0 atom stereocenters. The molecule has 3 heterocycles. The second kappa shape index (κ2) is 7.74. The molecule has 3 rings (SSSR count). The summed E-state index contributed by atoms with van der Waals surface area (Å²) in [4.78, 5) is 14.1. The lowest BCUT2D eigenvalue weighted by atomic mass is 9.95. The van der Waals surface area contributed by atoms with Crippen LogP contribution in [0.3, 0.4) is 0 Å².